The predicted octanol–water partition coefficient (Wildman–Crippen LogP) is 5.71. The Balaban J connectivity index is 2.01. The van der Waals surface area contributed by atoms with Crippen molar-refractivity contribution in [3.8, 4) is 5.69 Å². The van der Waals surface area contributed by atoms with Crippen LogP contribution >= 0.6 is 11.6 Å². The first-order chi connectivity index (χ1) is 12.4. The highest BCUT2D eigenvalue weighted by atomic mass is 35.5. The molecule has 3 rings (SSSR count). The minimum absolute atomic E-state index is 0.0692. The van der Waals surface area contributed by atoms with E-state index in [1.54, 1.807) is 18.3 Å². The molecule has 1 heterocycles. The smallest absolute Gasteiger partial charge is 0.271 e. The third kappa shape index (κ3) is 3.39. The van der Waals surface area contributed by atoms with Crippen LogP contribution in [0.15, 0.2) is 53.5 Å². The second-order valence-electron chi connectivity index (χ2n) is 6.08. The van der Waals surface area contributed by atoms with Gasteiger partial charge < -0.3 is 4.57 Å². The Hall–Kier alpha value is -2.92. The molecule has 6 heteroatoms. The van der Waals surface area contributed by atoms with E-state index in [1.807, 2.05) is 55.7 Å². The average molecular weight is 368 g/mol. The lowest BCUT2D eigenvalue weighted by Crippen LogP contribution is -2.00. The summed E-state index contributed by atoms with van der Waals surface area (Å²) >= 11 is 6.14. The van der Waals surface area contributed by atoms with E-state index in [0.717, 1.165) is 33.9 Å². The van der Waals surface area contributed by atoms with Gasteiger partial charge in [-0.1, -0.05) is 23.7 Å². The molecule has 0 amide bonds. The Morgan fingerprint density at radius 3 is 2.58 bits per heavy atom. The number of nitro groups is 1. The molecule has 0 aliphatic heterocycles. The van der Waals surface area contributed by atoms with E-state index >= 15 is 0 Å². The number of nitrogens with zero attached hydrogens (tertiary/aromatic N) is 3. The van der Waals surface area contributed by atoms with Crippen LogP contribution in [0.3, 0.4) is 0 Å². The van der Waals surface area contributed by atoms with Gasteiger partial charge >= 0.3 is 0 Å². The fourth-order valence-corrected chi connectivity index (χ4v) is 3.11. The van der Waals surface area contributed by atoms with Crippen LogP contribution in [0, 0.1) is 30.9 Å². The zero-order chi connectivity index (χ0) is 18.8. The standard InChI is InChI=1S/C20H18ClN3O2/c1-13-10-16(12-22-20-9-5-8-19(21)14(20)2)15(3)23(13)17-6-4-7-18(11-17)24(25)26/h4-12H,1-3H3. The fourth-order valence-electron chi connectivity index (χ4n) is 2.94. The number of rotatable bonds is 4. The Bertz CT molecular complexity index is 1020. The summed E-state index contributed by atoms with van der Waals surface area (Å²) in [5.41, 5.74) is 5.47. The maximum atomic E-state index is 11.0. The van der Waals surface area contributed by atoms with Crippen molar-refractivity contribution in [2.24, 2.45) is 4.99 Å². The lowest BCUT2D eigenvalue weighted by Gasteiger charge is -2.09. The topological polar surface area (TPSA) is 60.4 Å². The molecule has 0 radical (unpaired) electrons. The van der Waals surface area contributed by atoms with Crippen LogP contribution in [-0.4, -0.2) is 15.7 Å². The van der Waals surface area contributed by atoms with Gasteiger partial charge in [0.25, 0.3) is 5.69 Å². The molecule has 0 N–H and O–H groups in total. The first-order valence-corrected chi connectivity index (χ1v) is 8.49. The van der Waals surface area contributed by atoms with Crippen molar-refractivity contribution >= 4 is 29.2 Å². The van der Waals surface area contributed by atoms with Crippen molar-refractivity contribution in [1.82, 2.24) is 4.57 Å². The second kappa shape index (κ2) is 7.14. The molecule has 0 fully saturated rings. The summed E-state index contributed by atoms with van der Waals surface area (Å²) in [5.74, 6) is 0. The predicted molar refractivity (Wildman–Crippen MR) is 105 cm³/mol. The summed E-state index contributed by atoms with van der Waals surface area (Å²) in [5, 5.41) is 11.7. The van der Waals surface area contributed by atoms with Crippen LogP contribution in [0.2, 0.25) is 5.02 Å². The Morgan fingerprint density at radius 2 is 1.85 bits per heavy atom. The SMILES string of the molecule is Cc1c(Cl)cccc1N=Cc1cc(C)n(-c2cccc([N+](=O)[O-])c2)c1C. The number of aliphatic imine (C=N–C) groups is 1. The van der Waals surface area contributed by atoms with Crippen LogP contribution in [-0.2, 0) is 0 Å². The van der Waals surface area contributed by atoms with Crippen molar-refractivity contribution in [2.45, 2.75) is 20.8 Å². The van der Waals surface area contributed by atoms with Gasteiger partial charge in [0.1, 0.15) is 0 Å². The molecule has 0 saturated carbocycles. The molecule has 0 aliphatic rings. The van der Waals surface area contributed by atoms with Crippen molar-refractivity contribution < 1.29 is 4.92 Å². The van der Waals surface area contributed by atoms with E-state index in [1.165, 1.54) is 6.07 Å². The summed E-state index contributed by atoms with van der Waals surface area (Å²) < 4.78 is 1.99. The van der Waals surface area contributed by atoms with E-state index < -0.39 is 0 Å². The van der Waals surface area contributed by atoms with Gasteiger partial charge in [-0.05, 0) is 50.6 Å². The van der Waals surface area contributed by atoms with Crippen LogP contribution in [0.5, 0.6) is 0 Å². The van der Waals surface area contributed by atoms with E-state index in [0.29, 0.717) is 5.02 Å². The molecule has 0 saturated heterocycles. The number of hydrogen-bond donors (Lipinski definition) is 0. The molecular weight excluding hydrogens is 350 g/mol. The van der Waals surface area contributed by atoms with Gasteiger partial charge in [-0.2, -0.15) is 0 Å². The quantitative estimate of drug-likeness (QED) is 0.336. The monoisotopic (exact) mass is 367 g/mol. The minimum Gasteiger partial charge on any atom is -0.318 e. The van der Waals surface area contributed by atoms with Gasteiger partial charge in [0.15, 0.2) is 0 Å². The Morgan fingerprint density at radius 1 is 1.12 bits per heavy atom. The summed E-state index contributed by atoms with van der Waals surface area (Å²) in [6.07, 6.45) is 1.80. The number of nitro benzene ring substituents is 1. The lowest BCUT2D eigenvalue weighted by molar-refractivity contribution is -0.384. The average Bonchev–Trinajstić information content (AvgIpc) is 2.90. The van der Waals surface area contributed by atoms with Crippen LogP contribution < -0.4 is 0 Å². The molecule has 1 aromatic heterocycles. The highest BCUT2D eigenvalue weighted by molar-refractivity contribution is 6.31. The molecule has 0 aliphatic carbocycles. The third-order valence-electron chi connectivity index (χ3n) is 4.35. The molecular formula is C20H18ClN3O2. The molecule has 26 heavy (non-hydrogen) atoms. The Labute approximate surface area is 156 Å². The van der Waals surface area contributed by atoms with E-state index in [9.17, 15) is 10.1 Å². The number of benzene rings is 2. The van der Waals surface area contributed by atoms with Crippen molar-refractivity contribution in [2.75, 3.05) is 0 Å². The number of aromatic nitrogens is 1. The molecule has 0 spiro atoms. The van der Waals surface area contributed by atoms with E-state index in [-0.39, 0.29) is 10.6 Å². The highest BCUT2D eigenvalue weighted by Crippen LogP contribution is 2.27. The van der Waals surface area contributed by atoms with E-state index in [2.05, 4.69) is 4.99 Å². The summed E-state index contributed by atoms with van der Waals surface area (Å²) in [6.45, 7) is 5.87. The molecule has 0 atom stereocenters. The summed E-state index contributed by atoms with van der Waals surface area (Å²) in [4.78, 5) is 15.2. The maximum absolute atomic E-state index is 11.0. The Kier molecular flexibility index (Phi) is 4.91. The number of hydrogen-bond acceptors (Lipinski definition) is 3. The molecule has 2 aromatic carbocycles. The second-order valence-corrected chi connectivity index (χ2v) is 6.49. The van der Waals surface area contributed by atoms with Crippen molar-refractivity contribution in [3.05, 3.63) is 86.2 Å². The zero-order valence-electron chi connectivity index (χ0n) is 14.7. The molecule has 3 aromatic rings. The van der Waals surface area contributed by atoms with Gasteiger partial charge in [-0.3, -0.25) is 15.1 Å². The minimum atomic E-state index is -0.387. The number of non-ortho nitro benzene ring substituents is 1. The highest BCUT2D eigenvalue weighted by Gasteiger charge is 2.13. The van der Waals surface area contributed by atoms with E-state index in [4.69, 9.17) is 11.6 Å². The number of halogens is 1. The van der Waals surface area contributed by atoms with Gasteiger partial charge in [0.2, 0.25) is 0 Å². The van der Waals surface area contributed by atoms with Gasteiger partial charge in [-0.15, -0.1) is 0 Å². The summed E-state index contributed by atoms with van der Waals surface area (Å²) in [6, 6.07) is 14.2. The first-order valence-electron chi connectivity index (χ1n) is 8.11. The van der Waals surface area contributed by atoms with Crippen LogP contribution in [0.1, 0.15) is 22.5 Å². The zero-order valence-corrected chi connectivity index (χ0v) is 15.5. The first kappa shape index (κ1) is 17.9. The molecule has 5 nitrogen and oxygen atoms in total. The molecule has 132 valence electrons. The largest absolute Gasteiger partial charge is 0.318 e. The molecule has 0 unspecified atom stereocenters. The van der Waals surface area contributed by atoms with Crippen LogP contribution in [0.25, 0.3) is 5.69 Å². The molecule has 0 bridgehead atoms. The maximum Gasteiger partial charge on any atom is 0.271 e. The van der Waals surface area contributed by atoms with Gasteiger partial charge in [-0.25, -0.2) is 0 Å². The third-order valence-corrected chi connectivity index (χ3v) is 4.76. The van der Waals surface area contributed by atoms with Crippen molar-refractivity contribution in [3.63, 3.8) is 0 Å². The van der Waals surface area contributed by atoms with Gasteiger partial charge in [0, 0.05) is 40.3 Å². The fraction of sp³-hybridized carbons (Fsp3) is 0.150. The normalized spacial score (nSPS) is 11.2. The summed E-state index contributed by atoms with van der Waals surface area (Å²) in [7, 11) is 0. The van der Waals surface area contributed by atoms with Crippen molar-refractivity contribution in [1.29, 1.82) is 0 Å². The lowest BCUT2D eigenvalue weighted by atomic mass is 10.2. The number of aryl methyl sites for hydroxylation is 1. The van der Waals surface area contributed by atoms with Crippen LogP contribution in [0.4, 0.5) is 11.4 Å². The van der Waals surface area contributed by atoms with Gasteiger partial charge in [0.05, 0.1) is 16.3 Å².